The highest BCUT2D eigenvalue weighted by Crippen LogP contribution is 2.42. The molecular weight excluding hydrogens is 653 g/mol. The minimum Gasteiger partial charge on any atom is -0.228 e. The van der Waals surface area contributed by atoms with Crippen molar-refractivity contribution < 1.29 is 0 Å². The SMILES string of the molecule is c1ccc(-c2ccc(-c3cc(-c4ccccc4)nc(-c4cccc(-c5cc6c7ccccc7c(-c7ccccc7)cc6c6ccccc56)c4)n3)cc2)cc1. The van der Waals surface area contributed by atoms with Gasteiger partial charge in [-0.3, -0.25) is 0 Å². The van der Waals surface area contributed by atoms with Crippen molar-refractivity contribution in [2.75, 3.05) is 0 Å². The Hall–Kier alpha value is -7.16. The molecule has 10 rings (SSSR count). The summed E-state index contributed by atoms with van der Waals surface area (Å²) >= 11 is 0. The molecule has 2 heteroatoms. The van der Waals surface area contributed by atoms with Crippen molar-refractivity contribution in [3.05, 3.63) is 206 Å². The number of hydrogen-bond acceptors (Lipinski definition) is 2. The van der Waals surface area contributed by atoms with Crippen molar-refractivity contribution in [3.8, 4) is 67.3 Å². The molecule has 1 aromatic heterocycles. The van der Waals surface area contributed by atoms with Gasteiger partial charge in [-0.2, -0.15) is 0 Å². The predicted molar refractivity (Wildman–Crippen MR) is 227 cm³/mol. The summed E-state index contributed by atoms with van der Waals surface area (Å²) in [6.07, 6.45) is 0. The minimum absolute atomic E-state index is 0.698. The molecule has 0 aliphatic heterocycles. The standard InChI is InChI=1S/C52H34N2/c1-4-15-35(16-5-1)36-27-29-39(30-28-36)51-34-50(38-19-8-3-9-20-38)53-52(54-51)41-22-14-21-40(31-41)47-33-49-44-25-12-10-23-42(44)46(37-17-6-2-7-18-37)32-48(49)45-26-13-11-24-43(45)47/h1-34H. The van der Waals surface area contributed by atoms with Crippen LogP contribution in [0.5, 0.6) is 0 Å². The lowest BCUT2D eigenvalue weighted by Gasteiger charge is -2.16. The molecule has 0 aliphatic rings. The van der Waals surface area contributed by atoms with Gasteiger partial charge in [0, 0.05) is 16.7 Å². The second-order valence-corrected chi connectivity index (χ2v) is 13.8. The van der Waals surface area contributed by atoms with Crippen LogP contribution < -0.4 is 0 Å². The smallest absolute Gasteiger partial charge is 0.160 e. The van der Waals surface area contributed by atoms with Crippen molar-refractivity contribution in [1.82, 2.24) is 9.97 Å². The van der Waals surface area contributed by atoms with Gasteiger partial charge in [0.05, 0.1) is 11.4 Å². The zero-order valence-electron chi connectivity index (χ0n) is 29.5. The van der Waals surface area contributed by atoms with Gasteiger partial charge in [-0.05, 0) is 90.0 Å². The monoisotopic (exact) mass is 686 g/mol. The van der Waals surface area contributed by atoms with Crippen LogP contribution >= 0.6 is 0 Å². The summed E-state index contributed by atoms with van der Waals surface area (Å²) in [5.41, 5.74) is 12.0. The molecule has 54 heavy (non-hydrogen) atoms. The van der Waals surface area contributed by atoms with Crippen LogP contribution in [0.3, 0.4) is 0 Å². The average Bonchev–Trinajstić information content (AvgIpc) is 3.26. The van der Waals surface area contributed by atoms with Crippen LogP contribution in [0, 0.1) is 0 Å². The van der Waals surface area contributed by atoms with Gasteiger partial charge in [-0.25, -0.2) is 9.97 Å². The molecule has 0 atom stereocenters. The van der Waals surface area contributed by atoms with Gasteiger partial charge in [0.15, 0.2) is 5.82 Å². The van der Waals surface area contributed by atoms with Crippen molar-refractivity contribution >= 4 is 32.3 Å². The van der Waals surface area contributed by atoms with E-state index in [1.165, 1.54) is 60.1 Å². The summed E-state index contributed by atoms with van der Waals surface area (Å²) in [5, 5.41) is 7.45. The van der Waals surface area contributed by atoms with Gasteiger partial charge >= 0.3 is 0 Å². The van der Waals surface area contributed by atoms with Crippen molar-refractivity contribution in [1.29, 1.82) is 0 Å². The third kappa shape index (κ3) is 5.71. The molecule has 0 fully saturated rings. The Bertz CT molecular complexity index is 2950. The maximum atomic E-state index is 5.22. The molecule has 252 valence electrons. The molecule has 0 saturated heterocycles. The maximum Gasteiger partial charge on any atom is 0.160 e. The van der Waals surface area contributed by atoms with E-state index in [1.54, 1.807) is 0 Å². The van der Waals surface area contributed by atoms with Crippen LogP contribution in [0.4, 0.5) is 0 Å². The lowest BCUT2D eigenvalue weighted by Crippen LogP contribution is -1.96. The summed E-state index contributed by atoms with van der Waals surface area (Å²) in [4.78, 5) is 10.4. The average molecular weight is 687 g/mol. The quantitative estimate of drug-likeness (QED) is 0.163. The Morgan fingerprint density at radius 1 is 0.222 bits per heavy atom. The summed E-state index contributed by atoms with van der Waals surface area (Å²) < 4.78 is 0. The van der Waals surface area contributed by atoms with Gasteiger partial charge in [0.25, 0.3) is 0 Å². The first-order valence-corrected chi connectivity index (χ1v) is 18.4. The molecule has 10 aromatic rings. The first-order valence-electron chi connectivity index (χ1n) is 18.4. The fraction of sp³-hybridized carbons (Fsp3) is 0. The number of nitrogens with zero attached hydrogens (tertiary/aromatic N) is 2. The first kappa shape index (κ1) is 31.6. The summed E-state index contributed by atoms with van der Waals surface area (Å²) in [6, 6.07) is 73.4. The molecule has 0 unspecified atom stereocenters. The molecule has 0 spiro atoms. The van der Waals surface area contributed by atoms with Crippen LogP contribution in [0.2, 0.25) is 0 Å². The Morgan fingerprint density at radius 2 is 0.611 bits per heavy atom. The minimum atomic E-state index is 0.698. The molecule has 1 heterocycles. The Morgan fingerprint density at radius 3 is 1.19 bits per heavy atom. The number of benzene rings is 9. The molecule has 0 radical (unpaired) electrons. The fourth-order valence-corrected chi connectivity index (χ4v) is 7.82. The van der Waals surface area contributed by atoms with E-state index < -0.39 is 0 Å². The van der Waals surface area contributed by atoms with Gasteiger partial charge < -0.3 is 0 Å². The first-order chi connectivity index (χ1) is 26.8. The topological polar surface area (TPSA) is 25.8 Å². The zero-order chi connectivity index (χ0) is 35.8. The number of aromatic nitrogens is 2. The highest BCUT2D eigenvalue weighted by atomic mass is 14.9. The van der Waals surface area contributed by atoms with E-state index in [9.17, 15) is 0 Å². The van der Waals surface area contributed by atoms with Gasteiger partial charge in [0.2, 0.25) is 0 Å². The summed E-state index contributed by atoms with van der Waals surface area (Å²) in [7, 11) is 0. The van der Waals surface area contributed by atoms with E-state index in [0.29, 0.717) is 5.82 Å². The second-order valence-electron chi connectivity index (χ2n) is 13.8. The third-order valence-electron chi connectivity index (χ3n) is 10.5. The van der Waals surface area contributed by atoms with Crippen LogP contribution in [0.25, 0.3) is 99.6 Å². The molecule has 0 aliphatic carbocycles. The van der Waals surface area contributed by atoms with Crippen LogP contribution in [-0.2, 0) is 0 Å². The van der Waals surface area contributed by atoms with Crippen molar-refractivity contribution in [3.63, 3.8) is 0 Å². The van der Waals surface area contributed by atoms with Crippen LogP contribution in [0.15, 0.2) is 206 Å². The number of rotatable bonds is 6. The molecule has 9 aromatic carbocycles. The Balaban J connectivity index is 1.14. The van der Waals surface area contributed by atoms with Gasteiger partial charge in [-0.1, -0.05) is 182 Å². The van der Waals surface area contributed by atoms with E-state index in [2.05, 4.69) is 194 Å². The molecule has 0 amide bonds. The summed E-state index contributed by atoms with van der Waals surface area (Å²) in [6.45, 7) is 0. The largest absolute Gasteiger partial charge is 0.228 e. The Labute approximate surface area is 314 Å². The Kier molecular flexibility index (Phi) is 7.85. The molecule has 2 nitrogen and oxygen atoms in total. The van der Waals surface area contributed by atoms with Gasteiger partial charge in [-0.15, -0.1) is 0 Å². The number of fused-ring (bicyclic) bond motifs is 5. The normalized spacial score (nSPS) is 11.3. The van der Waals surface area contributed by atoms with E-state index in [0.717, 1.165) is 33.6 Å². The van der Waals surface area contributed by atoms with Gasteiger partial charge in [0.1, 0.15) is 0 Å². The molecule has 0 N–H and O–H groups in total. The summed E-state index contributed by atoms with van der Waals surface area (Å²) in [5.74, 6) is 0.698. The molecule has 0 saturated carbocycles. The number of hydrogen-bond donors (Lipinski definition) is 0. The fourth-order valence-electron chi connectivity index (χ4n) is 7.82. The second kappa shape index (κ2) is 13.4. The predicted octanol–water partition coefficient (Wildman–Crippen LogP) is 13.9. The van der Waals surface area contributed by atoms with E-state index in [-0.39, 0.29) is 0 Å². The lowest BCUT2D eigenvalue weighted by atomic mass is 9.87. The van der Waals surface area contributed by atoms with E-state index >= 15 is 0 Å². The lowest BCUT2D eigenvalue weighted by molar-refractivity contribution is 1.18. The van der Waals surface area contributed by atoms with Crippen LogP contribution in [0.1, 0.15) is 0 Å². The van der Waals surface area contributed by atoms with E-state index in [4.69, 9.17) is 9.97 Å². The van der Waals surface area contributed by atoms with Crippen LogP contribution in [-0.4, -0.2) is 9.97 Å². The molecule has 0 bridgehead atoms. The molecular formula is C52H34N2. The third-order valence-corrected chi connectivity index (χ3v) is 10.5. The highest BCUT2D eigenvalue weighted by molar-refractivity contribution is 6.23. The van der Waals surface area contributed by atoms with Crippen molar-refractivity contribution in [2.45, 2.75) is 0 Å². The van der Waals surface area contributed by atoms with E-state index in [1.807, 2.05) is 12.1 Å². The zero-order valence-corrected chi connectivity index (χ0v) is 29.5. The van der Waals surface area contributed by atoms with Crippen molar-refractivity contribution in [2.24, 2.45) is 0 Å². The maximum absolute atomic E-state index is 5.22. The highest BCUT2D eigenvalue weighted by Gasteiger charge is 2.16.